The van der Waals surface area contributed by atoms with Crippen LogP contribution < -0.4 is 4.74 Å². The summed E-state index contributed by atoms with van der Waals surface area (Å²) in [5.41, 5.74) is -1.02. The first kappa shape index (κ1) is 25.8. The standard InChI is InChI=1S/C26H18F8O2/c1-14-2-3-16(13-35-14)15-4-6-18(7-5-15)26(33,34)36-19-10-17-11-21(27)20(8-9-25(30,31)32)24(29)23(17)22(28)12-19/h4-7,10-12,14,16H,2-3,13H2,1H3. The van der Waals surface area contributed by atoms with E-state index in [0.717, 1.165) is 36.6 Å². The van der Waals surface area contributed by atoms with E-state index in [9.17, 15) is 35.1 Å². The van der Waals surface area contributed by atoms with Crippen LogP contribution in [0.5, 0.6) is 5.75 Å². The van der Waals surface area contributed by atoms with Crippen LogP contribution >= 0.6 is 0 Å². The summed E-state index contributed by atoms with van der Waals surface area (Å²) in [6, 6.07) is 7.05. The molecular weight excluding hydrogens is 496 g/mol. The molecule has 36 heavy (non-hydrogen) atoms. The average molecular weight is 514 g/mol. The van der Waals surface area contributed by atoms with Gasteiger partial charge in [0, 0.05) is 17.9 Å². The van der Waals surface area contributed by atoms with E-state index >= 15 is 0 Å². The van der Waals surface area contributed by atoms with Crippen LogP contribution in [0.25, 0.3) is 10.8 Å². The van der Waals surface area contributed by atoms with Crippen molar-refractivity contribution in [1.82, 2.24) is 0 Å². The van der Waals surface area contributed by atoms with E-state index in [4.69, 9.17) is 4.74 Å². The number of fused-ring (bicyclic) bond motifs is 1. The second-order valence-electron chi connectivity index (χ2n) is 8.46. The van der Waals surface area contributed by atoms with E-state index in [1.54, 1.807) is 0 Å². The van der Waals surface area contributed by atoms with Crippen LogP contribution in [0.4, 0.5) is 35.1 Å². The van der Waals surface area contributed by atoms with Crippen molar-refractivity contribution in [3.8, 4) is 17.6 Å². The monoisotopic (exact) mass is 514 g/mol. The number of hydrogen-bond donors (Lipinski definition) is 0. The lowest BCUT2D eigenvalue weighted by atomic mass is 9.91. The van der Waals surface area contributed by atoms with Gasteiger partial charge in [0.25, 0.3) is 0 Å². The SMILES string of the molecule is CC1CCC(c2ccc(C(F)(F)Oc3cc(F)c4c(F)c(C#CC(F)(F)F)c(F)cc4c3)cc2)CO1. The Balaban J connectivity index is 1.60. The molecule has 1 fully saturated rings. The lowest BCUT2D eigenvalue weighted by Crippen LogP contribution is -2.23. The summed E-state index contributed by atoms with van der Waals surface area (Å²) in [5, 5.41) is -1.44. The Morgan fingerprint density at radius 1 is 0.917 bits per heavy atom. The molecule has 3 aromatic rings. The van der Waals surface area contributed by atoms with Gasteiger partial charge in [-0.05, 0) is 55.0 Å². The lowest BCUT2D eigenvalue weighted by molar-refractivity contribution is -0.185. The topological polar surface area (TPSA) is 18.5 Å². The molecule has 1 heterocycles. The molecule has 1 aliphatic heterocycles. The van der Waals surface area contributed by atoms with Crippen LogP contribution in [0.3, 0.4) is 0 Å². The lowest BCUT2D eigenvalue weighted by Gasteiger charge is -2.27. The van der Waals surface area contributed by atoms with Crippen LogP contribution in [0.2, 0.25) is 0 Å². The van der Waals surface area contributed by atoms with Crippen LogP contribution in [-0.4, -0.2) is 18.9 Å². The summed E-state index contributed by atoms with van der Waals surface area (Å²) in [5.74, 6) is -3.31. The Kier molecular flexibility index (Phi) is 6.88. The molecular formula is C26H18F8O2. The highest BCUT2D eigenvalue weighted by atomic mass is 19.4. The highest BCUT2D eigenvalue weighted by Gasteiger charge is 2.35. The Labute approximate surface area is 200 Å². The minimum atomic E-state index is -5.03. The predicted molar refractivity (Wildman–Crippen MR) is 115 cm³/mol. The van der Waals surface area contributed by atoms with Gasteiger partial charge in [-0.15, -0.1) is 0 Å². The molecule has 0 aliphatic carbocycles. The van der Waals surface area contributed by atoms with Gasteiger partial charge in [-0.3, -0.25) is 0 Å². The van der Waals surface area contributed by atoms with Crippen molar-refractivity contribution >= 4 is 10.8 Å². The van der Waals surface area contributed by atoms with E-state index < -0.39 is 57.4 Å². The largest absolute Gasteiger partial charge is 0.458 e. The molecule has 0 aromatic heterocycles. The van der Waals surface area contributed by atoms with E-state index in [1.165, 1.54) is 18.1 Å². The van der Waals surface area contributed by atoms with Crippen molar-refractivity contribution in [1.29, 1.82) is 0 Å². The Bertz CT molecular complexity index is 1330. The summed E-state index contributed by atoms with van der Waals surface area (Å²) >= 11 is 0. The smallest absolute Gasteiger partial charge is 0.429 e. The van der Waals surface area contributed by atoms with Crippen LogP contribution in [0.1, 0.15) is 42.4 Å². The molecule has 4 rings (SSSR count). The van der Waals surface area contributed by atoms with Gasteiger partial charge in [-0.25, -0.2) is 13.2 Å². The van der Waals surface area contributed by atoms with Crippen molar-refractivity contribution in [2.75, 3.05) is 6.61 Å². The molecule has 0 N–H and O–H groups in total. The maximum atomic E-state index is 14.8. The molecule has 3 aromatic carbocycles. The Morgan fingerprint density at radius 2 is 1.61 bits per heavy atom. The molecule has 2 unspecified atom stereocenters. The number of ether oxygens (including phenoxy) is 2. The zero-order valence-electron chi connectivity index (χ0n) is 18.7. The molecule has 0 bridgehead atoms. The Morgan fingerprint density at radius 3 is 2.22 bits per heavy atom. The Hall–Kier alpha value is -3.32. The fraction of sp³-hybridized carbons (Fsp3) is 0.308. The molecule has 10 heteroatoms. The minimum absolute atomic E-state index is 0.0647. The number of halogens is 8. The van der Waals surface area contributed by atoms with Crippen molar-refractivity contribution in [3.05, 3.63) is 76.6 Å². The van der Waals surface area contributed by atoms with Crippen LogP contribution in [0, 0.1) is 29.3 Å². The maximum absolute atomic E-state index is 14.8. The fourth-order valence-corrected chi connectivity index (χ4v) is 3.99. The summed E-state index contributed by atoms with van der Waals surface area (Å²) < 4.78 is 120. The van der Waals surface area contributed by atoms with Gasteiger partial charge in [-0.2, -0.15) is 22.0 Å². The van der Waals surface area contributed by atoms with Crippen molar-refractivity contribution in [2.24, 2.45) is 0 Å². The third-order valence-electron chi connectivity index (χ3n) is 5.85. The molecule has 0 spiro atoms. The van der Waals surface area contributed by atoms with E-state index in [-0.39, 0.29) is 12.0 Å². The number of rotatable bonds is 4. The van der Waals surface area contributed by atoms with Crippen molar-refractivity contribution in [2.45, 2.75) is 44.1 Å². The fourth-order valence-electron chi connectivity index (χ4n) is 3.99. The zero-order chi connectivity index (χ0) is 26.3. The first-order valence-electron chi connectivity index (χ1n) is 10.8. The normalized spacial score (nSPS) is 18.6. The molecule has 2 atom stereocenters. The van der Waals surface area contributed by atoms with Gasteiger partial charge in [0.05, 0.1) is 29.2 Å². The minimum Gasteiger partial charge on any atom is -0.429 e. The quantitative estimate of drug-likeness (QED) is 0.264. The van der Waals surface area contributed by atoms with Gasteiger partial charge < -0.3 is 9.47 Å². The van der Waals surface area contributed by atoms with Gasteiger partial charge in [-0.1, -0.05) is 18.1 Å². The first-order valence-corrected chi connectivity index (χ1v) is 10.8. The zero-order valence-corrected chi connectivity index (χ0v) is 18.7. The second kappa shape index (κ2) is 9.62. The van der Waals surface area contributed by atoms with Gasteiger partial charge in [0.15, 0.2) is 5.82 Å². The molecule has 2 nitrogen and oxygen atoms in total. The van der Waals surface area contributed by atoms with Gasteiger partial charge >= 0.3 is 12.3 Å². The average Bonchev–Trinajstić information content (AvgIpc) is 2.78. The van der Waals surface area contributed by atoms with E-state index in [2.05, 4.69) is 4.74 Å². The summed E-state index contributed by atoms with van der Waals surface area (Å²) in [6.45, 7) is 2.43. The van der Waals surface area contributed by atoms with Gasteiger partial charge in [0.2, 0.25) is 0 Å². The second-order valence-corrected chi connectivity index (χ2v) is 8.46. The van der Waals surface area contributed by atoms with Gasteiger partial charge in [0.1, 0.15) is 17.4 Å². The van der Waals surface area contributed by atoms with E-state index in [0.29, 0.717) is 24.7 Å². The highest BCUT2D eigenvalue weighted by Crippen LogP contribution is 2.37. The van der Waals surface area contributed by atoms with E-state index in [1.807, 2.05) is 6.92 Å². The summed E-state index contributed by atoms with van der Waals surface area (Å²) in [7, 11) is 0. The highest BCUT2D eigenvalue weighted by molar-refractivity contribution is 5.87. The molecule has 190 valence electrons. The van der Waals surface area contributed by atoms with Crippen LogP contribution in [0.15, 0.2) is 42.5 Å². The van der Waals surface area contributed by atoms with Crippen molar-refractivity contribution in [3.63, 3.8) is 0 Å². The molecule has 0 saturated carbocycles. The third-order valence-corrected chi connectivity index (χ3v) is 5.85. The number of hydrogen-bond acceptors (Lipinski definition) is 2. The first-order chi connectivity index (χ1) is 16.8. The summed E-state index contributed by atoms with van der Waals surface area (Å²) in [6.07, 6.45) is -7.12. The third kappa shape index (κ3) is 5.57. The summed E-state index contributed by atoms with van der Waals surface area (Å²) in [4.78, 5) is 0. The number of alkyl halides is 5. The molecule has 1 aliphatic rings. The van der Waals surface area contributed by atoms with Crippen molar-refractivity contribution < 1.29 is 44.6 Å². The molecule has 1 saturated heterocycles. The predicted octanol–water partition coefficient (Wildman–Crippen LogP) is 7.58. The van der Waals surface area contributed by atoms with Crippen LogP contribution in [-0.2, 0) is 10.8 Å². The maximum Gasteiger partial charge on any atom is 0.458 e. The molecule has 0 radical (unpaired) electrons. The number of benzene rings is 3. The molecule has 0 amide bonds.